The molecule has 0 aliphatic rings. The molecule has 0 aliphatic heterocycles. The quantitative estimate of drug-likeness (QED) is 0.715. The summed E-state index contributed by atoms with van der Waals surface area (Å²) in [4.78, 5) is 0. The van der Waals surface area contributed by atoms with Crippen molar-refractivity contribution >= 4 is 15.9 Å². The first-order valence-electron chi connectivity index (χ1n) is 4.14. The molecular formula is C9H15BrN2. The van der Waals surface area contributed by atoms with Crippen molar-refractivity contribution in [3.63, 3.8) is 0 Å². The van der Waals surface area contributed by atoms with Crippen molar-refractivity contribution in [2.45, 2.75) is 32.7 Å². The highest BCUT2D eigenvalue weighted by molar-refractivity contribution is 9.09. The zero-order chi connectivity index (χ0) is 9.19. The molecule has 12 heavy (non-hydrogen) atoms. The number of nitrogens with zero attached hydrogens (tertiary/aromatic N) is 2. The van der Waals surface area contributed by atoms with Crippen LogP contribution in [0.4, 0.5) is 0 Å². The summed E-state index contributed by atoms with van der Waals surface area (Å²) in [7, 11) is 0. The van der Waals surface area contributed by atoms with Crippen molar-refractivity contribution in [1.29, 1.82) is 0 Å². The Morgan fingerprint density at radius 1 is 1.50 bits per heavy atom. The van der Waals surface area contributed by atoms with Crippen molar-refractivity contribution < 1.29 is 0 Å². The first-order chi connectivity index (χ1) is 5.54. The van der Waals surface area contributed by atoms with Crippen LogP contribution in [-0.4, -0.2) is 15.1 Å². The maximum absolute atomic E-state index is 4.30. The minimum atomic E-state index is 0.102. The Labute approximate surface area is 82.1 Å². The molecule has 0 N–H and O–H groups in total. The molecule has 0 radical (unpaired) electrons. The molecule has 68 valence electrons. The lowest BCUT2D eigenvalue weighted by atomic mass is 10.1. The highest BCUT2D eigenvalue weighted by Crippen LogP contribution is 2.13. The van der Waals surface area contributed by atoms with E-state index in [1.165, 1.54) is 5.56 Å². The van der Waals surface area contributed by atoms with Gasteiger partial charge in [0.1, 0.15) is 0 Å². The molecule has 0 aliphatic carbocycles. The van der Waals surface area contributed by atoms with Crippen LogP contribution in [0.5, 0.6) is 0 Å². The zero-order valence-corrected chi connectivity index (χ0v) is 9.43. The van der Waals surface area contributed by atoms with Crippen LogP contribution in [0.1, 0.15) is 26.3 Å². The lowest BCUT2D eigenvalue weighted by Gasteiger charge is -2.18. The van der Waals surface area contributed by atoms with Crippen LogP contribution >= 0.6 is 15.9 Å². The second kappa shape index (κ2) is 3.60. The van der Waals surface area contributed by atoms with Crippen LogP contribution in [-0.2, 0) is 12.0 Å². The lowest BCUT2D eigenvalue weighted by molar-refractivity contribution is 0.355. The summed E-state index contributed by atoms with van der Waals surface area (Å²) >= 11 is 3.41. The van der Waals surface area contributed by atoms with Gasteiger partial charge in [0.05, 0.1) is 11.7 Å². The minimum Gasteiger partial charge on any atom is -0.267 e. The largest absolute Gasteiger partial charge is 0.267 e. The molecule has 1 aromatic heterocycles. The predicted molar refractivity (Wildman–Crippen MR) is 54.7 cm³/mol. The third-order valence-corrected chi connectivity index (χ3v) is 2.10. The van der Waals surface area contributed by atoms with E-state index >= 15 is 0 Å². The number of hydrogen-bond acceptors (Lipinski definition) is 1. The SMILES string of the molecule is CC(C)(C)n1cc(CCBr)cn1. The predicted octanol–water partition coefficient (Wildman–Crippen LogP) is 2.58. The van der Waals surface area contributed by atoms with E-state index in [2.05, 4.69) is 48.0 Å². The highest BCUT2D eigenvalue weighted by atomic mass is 79.9. The number of aromatic nitrogens is 2. The molecule has 3 heteroatoms. The van der Waals surface area contributed by atoms with E-state index in [1.54, 1.807) is 0 Å². The highest BCUT2D eigenvalue weighted by Gasteiger charge is 2.13. The summed E-state index contributed by atoms with van der Waals surface area (Å²) in [6.45, 7) is 6.45. The van der Waals surface area contributed by atoms with Gasteiger partial charge in [-0.2, -0.15) is 5.10 Å². The van der Waals surface area contributed by atoms with E-state index < -0.39 is 0 Å². The Kier molecular flexibility index (Phi) is 2.94. The molecule has 0 amide bonds. The molecule has 0 saturated carbocycles. The maximum Gasteiger partial charge on any atom is 0.0543 e. The van der Waals surface area contributed by atoms with E-state index in [9.17, 15) is 0 Å². The van der Waals surface area contributed by atoms with Crippen LogP contribution in [0.3, 0.4) is 0 Å². The Morgan fingerprint density at radius 2 is 2.17 bits per heavy atom. The van der Waals surface area contributed by atoms with Crippen molar-refractivity contribution in [2.24, 2.45) is 0 Å². The van der Waals surface area contributed by atoms with Gasteiger partial charge in [-0.25, -0.2) is 0 Å². The van der Waals surface area contributed by atoms with Crippen LogP contribution in [0, 0.1) is 0 Å². The first-order valence-corrected chi connectivity index (χ1v) is 5.26. The standard InChI is InChI=1S/C9H15BrN2/c1-9(2,3)12-7-8(4-5-10)6-11-12/h6-7H,4-5H2,1-3H3. The van der Waals surface area contributed by atoms with Gasteiger partial charge in [0.25, 0.3) is 0 Å². The van der Waals surface area contributed by atoms with E-state index in [1.807, 2.05) is 10.9 Å². The molecule has 0 spiro atoms. The van der Waals surface area contributed by atoms with Crippen LogP contribution in [0.25, 0.3) is 0 Å². The van der Waals surface area contributed by atoms with Gasteiger partial charge in [0.15, 0.2) is 0 Å². The summed E-state index contributed by atoms with van der Waals surface area (Å²) in [6, 6.07) is 0. The van der Waals surface area contributed by atoms with Crippen LogP contribution in [0.15, 0.2) is 12.4 Å². The molecule has 0 saturated heterocycles. The third kappa shape index (κ3) is 2.34. The normalized spacial score (nSPS) is 12.0. The number of alkyl halides is 1. The van der Waals surface area contributed by atoms with Gasteiger partial charge in [-0.15, -0.1) is 0 Å². The van der Waals surface area contributed by atoms with E-state index in [4.69, 9.17) is 0 Å². The van der Waals surface area contributed by atoms with E-state index in [0.29, 0.717) is 0 Å². The van der Waals surface area contributed by atoms with E-state index in [-0.39, 0.29) is 5.54 Å². The molecule has 0 aromatic carbocycles. The summed E-state index contributed by atoms with van der Waals surface area (Å²) in [6.07, 6.45) is 5.10. The number of aryl methyl sites for hydroxylation is 1. The summed E-state index contributed by atoms with van der Waals surface area (Å²) in [5.74, 6) is 0. The van der Waals surface area contributed by atoms with Gasteiger partial charge in [-0.1, -0.05) is 15.9 Å². The molecule has 1 rings (SSSR count). The second-order valence-electron chi connectivity index (χ2n) is 3.90. The van der Waals surface area contributed by atoms with Gasteiger partial charge in [-0.05, 0) is 32.8 Å². The Morgan fingerprint density at radius 3 is 2.58 bits per heavy atom. The average molecular weight is 231 g/mol. The summed E-state index contributed by atoms with van der Waals surface area (Å²) < 4.78 is 2.00. The Bertz CT molecular complexity index is 247. The molecule has 0 bridgehead atoms. The van der Waals surface area contributed by atoms with Crippen molar-refractivity contribution in [1.82, 2.24) is 9.78 Å². The van der Waals surface area contributed by atoms with E-state index in [0.717, 1.165) is 11.8 Å². The molecular weight excluding hydrogens is 216 g/mol. The molecule has 2 nitrogen and oxygen atoms in total. The Balaban J connectivity index is 2.77. The van der Waals surface area contributed by atoms with Gasteiger partial charge in [0, 0.05) is 11.5 Å². The second-order valence-corrected chi connectivity index (χ2v) is 4.70. The Hall–Kier alpha value is -0.310. The van der Waals surface area contributed by atoms with Gasteiger partial charge < -0.3 is 0 Å². The smallest absolute Gasteiger partial charge is 0.0543 e. The van der Waals surface area contributed by atoms with Crippen molar-refractivity contribution in [3.05, 3.63) is 18.0 Å². The van der Waals surface area contributed by atoms with Gasteiger partial charge in [-0.3, -0.25) is 4.68 Å². The average Bonchev–Trinajstić information content (AvgIpc) is 2.35. The number of hydrogen-bond donors (Lipinski definition) is 0. The number of rotatable bonds is 2. The van der Waals surface area contributed by atoms with Gasteiger partial charge in [0.2, 0.25) is 0 Å². The lowest BCUT2D eigenvalue weighted by Crippen LogP contribution is -2.21. The molecule has 1 aromatic rings. The minimum absolute atomic E-state index is 0.102. The molecule has 0 unspecified atom stereocenters. The number of halogens is 1. The van der Waals surface area contributed by atoms with Crippen LogP contribution < -0.4 is 0 Å². The first kappa shape index (κ1) is 9.78. The maximum atomic E-state index is 4.30. The summed E-state index contributed by atoms with van der Waals surface area (Å²) in [5.41, 5.74) is 1.40. The fraction of sp³-hybridized carbons (Fsp3) is 0.667. The zero-order valence-electron chi connectivity index (χ0n) is 7.84. The van der Waals surface area contributed by atoms with Crippen LogP contribution in [0.2, 0.25) is 0 Å². The van der Waals surface area contributed by atoms with Gasteiger partial charge >= 0.3 is 0 Å². The molecule has 0 fully saturated rings. The fourth-order valence-electron chi connectivity index (χ4n) is 0.965. The van der Waals surface area contributed by atoms with Crippen molar-refractivity contribution in [3.8, 4) is 0 Å². The topological polar surface area (TPSA) is 17.8 Å². The third-order valence-electron chi connectivity index (χ3n) is 1.71. The monoisotopic (exact) mass is 230 g/mol. The molecule has 0 atom stereocenters. The summed E-state index contributed by atoms with van der Waals surface area (Å²) in [5, 5.41) is 5.30. The molecule has 1 heterocycles. The fourth-order valence-corrected chi connectivity index (χ4v) is 1.42. The van der Waals surface area contributed by atoms with Crippen molar-refractivity contribution in [2.75, 3.05) is 5.33 Å².